The van der Waals surface area contributed by atoms with Crippen LogP contribution >= 0.6 is 11.3 Å². The molecule has 1 aromatic heterocycles. The van der Waals surface area contributed by atoms with Gasteiger partial charge in [0.1, 0.15) is 0 Å². The number of likely N-dealkylation sites (tertiary alicyclic amines) is 1. The molecule has 3 heteroatoms. The van der Waals surface area contributed by atoms with E-state index in [2.05, 4.69) is 35.2 Å². The van der Waals surface area contributed by atoms with Gasteiger partial charge in [-0.1, -0.05) is 36.4 Å². The fourth-order valence-corrected chi connectivity index (χ4v) is 3.88. The Balaban J connectivity index is 1.39. The largest absolute Gasteiger partial charge is 0.303 e. The Kier molecular flexibility index (Phi) is 5.41. The van der Waals surface area contributed by atoms with Gasteiger partial charge in [0.05, 0.1) is 4.88 Å². The van der Waals surface area contributed by atoms with Crippen LogP contribution in [0.4, 0.5) is 0 Å². The van der Waals surface area contributed by atoms with Crippen molar-refractivity contribution in [3.05, 3.63) is 58.3 Å². The lowest BCUT2D eigenvalue weighted by molar-refractivity contribution is 0.0955. The van der Waals surface area contributed by atoms with Gasteiger partial charge >= 0.3 is 0 Å². The van der Waals surface area contributed by atoms with E-state index in [4.69, 9.17) is 0 Å². The van der Waals surface area contributed by atoms with Gasteiger partial charge in [0.15, 0.2) is 5.78 Å². The normalized spacial score (nSPS) is 16.7. The quantitative estimate of drug-likeness (QED) is 0.742. The highest BCUT2D eigenvalue weighted by molar-refractivity contribution is 7.12. The van der Waals surface area contributed by atoms with Crippen LogP contribution in [0.3, 0.4) is 0 Å². The average Bonchev–Trinajstić information content (AvgIpc) is 3.09. The molecule has 1 fully saturated rings. The third kappa shape index (κ3) is 4.28. The topological polar surface area (TPSA) is 20.3 Å². The van der Waals surface area contributed by atoms with E-state index in [1.807, 2.05) is 17.5 Å². The van der Waals surface area contributed by atoms with Crippen molar-refractivity contribution < 1.29 is 4.79 Å². The molecule has 0 bridgehead atoms. The zero-order valence-electron chi connectivity index (χ0n) is 12.9. The zero-order chi connectivity index (χ0) is 15.2. The van der Waals surface area contributed by atoms with Crippen LogP contribution < -0.4 is 0 Å². The Bertz CT molecular complexity index is 571. The molecule has 1 saturated heterocycles. The minimum Gasteiger partial charge on any atom is -0.303 e. The van der Waals surface area contributed by atoms with E-state index in [1.165, 1.54) is 24.8 Å². The Labute approximate surface area is 136 Å². The molecule has 0 saturated carbocycles. The van der Waals surface area contributed by atoms with Crippen LogP contribution in [0.15, 0.2) is 47.8 Å². The minimum absolute atomic E-state index is 0.293. The first-order chi connectivity index (χ1) is 10.8. The molecular formula is C19H23NOS. The molecule has 2 nitrogen and oxygen atoms in total. The molecule has 0 spiro atoms. The summed E-state index contributed by atoms with van der Waals surface area (Å²) in [5.41, 5.74) is 1.45. The van der Waals surface area contributed by atoms with Gasteiger partial charge in [-0.3, -0.25) is 4.79 Å². The average molecular weight is 313 g/mol. The van der Waals surface area contributed by atoms with Gasteiger partial charge in [-0.05, 0) is 55.3 Å². The Morgan fingerprint density at radius 2 is 1.86 bits per heavy atom. The predicted molar refractivity (Wildman–Crippen MR) is 92.6 cm³/mol. The first-order valence-corrected chi connectivity index (χ1v) is 9.02. The van der Waals surface area contributed by atoms with Crippen molar-refractivity contribution >= 4 is 17.1 Å². The summed E-state index contributed by atoms with van der Waals surface area (Å²) in [6.45, 7) is 3.18. The van der Waals surface area contributed by atoms with Crippen LogP contribution in [0.5, 0.6) is 0 Å². The van der Waals surface area contributed by atoms with Crippen LogP contribution in [-0.2, 0) is 6.42 Å². The van der Waals surface area contributed by atoms with E-state index in [0.29, 0.717) is 12.2 Å². The zero-order valence-corrected chi connectivity index (χ0v) is 13.7. The smallest absolute Gasteiger partial charge is 0.174 e. The van der Waals surface area contributed by atoms with Crippen LogP contribution in [-0.4, -0.2) is 30.3 Å². The lowest BCUT2D eigenvalue weighted by atomic mass is 9.90. The summed E-state index contributed by atoms with van der Waals surface area (Å²) in [7, 11) is 0. The molecule has 22 heavy (non-hydrogen) atoms. The van der Waals surface area contributed by atoms with Crippen LogP contribution in [0.1, 0.15) is 34.5 Å². The van der Waals surface area contributed by atoms with Gasteiger partial charge in [-0.15, -0.1) is 11.3 Å². The molecular weight excluding hydrogens is 290 g/mol. The highest BCUT2D eigenvalue weighted by Gasteiger charge is 2.20. The first kappa shape index (κ1) is 15.4. The SMILES string of the molecule is O=C(CCN1CCC(Cc2ccccc2)CC1)c1cccs1. The van der Waals surface area contributed by atoms with E-state index in [-0.39, 0.29) is 0 Å². The maximum atomic E-state index is 12.0. The van der Waals surface area contributed by atoms with Gasteiger partial charge in [0, 0.05) is 13.0 Å². The number of ketones is 1. The second-order valence-corrected chi connectivity index (χ2v) is 7.07. The van der Waals surface area contributed by atoms with Crippen molar-refractivity contribution in [3.63, 3.8) is 0 Å². The summed E-state index contributed by atoms with van der Waals surface area (Å²) in [6, 6.07) is 14.7. The van der Waals surface area contributed by atoms with Crippen molar-refractivity contribution in [1.29, 1.82) is 0 Å². The Hall–Kier alpha value is -1.45. The molecule has 1 aliphatic heterocycles. The van der Waals surface area contributed by atoms with Crippen molar-refractivity contribution in [3.8, 4) is 0 Å². The third-order valence-corrected chi connectivity index (χ3v) is 5.44. The molecule has 1 aliphatic rings. The third-order valence-electron chi connectivity index (χ3n) is 4.53. The molecule has 116 valence electrons. The molecule has 3 rings (SSSR count). The standard InChI is InChI=1S/C19H23NOS/c21-18(19-7-4-14-22-19)10-13-20-11-8-17(9-12-20)15-16-5-2-1-3-6-16/h1-7,14,17H,8-13,15H2. The van der Waals surface area contributed by atoms with E-state index in [0.717, 1.165) is 30.4 Å². The van der Waals surface area contributed by atoms with Crippen molar-refractivity contribution in [1.82, 2.24) is 4.90 Å². The number of Topliss-reactive ketones (excluding diaryl/α,β-unsaturated/α-hetero) is 1. The number of nitrogens with zero attached hydrogens (tertiary/aromatic N) is 1. The number of thiophene rings is 1. The number of carbonyl (C=O) groups is 1. The number of hydrogen-bond acceptors (Lipinski definition) is 3. The summed E-state index contributed by atoms with van der Waals surface area (Å²) in [5.74, 6) is 1.09. The van der Waals surface area contributed by atoms with Crippen LogP contribution in [0.2, 0.25) is 0 Å². The van der Waals surface area contributed by atoms with E-state index in [9.17, 15) is 4.79 Å². The minimum atomic E-state index is 0.293. The number of benzene rings is 1. The summed E-state index contributed by atoms with van der Waals surface area (Å²) in [4.78, 5) is 15.4. The summed E-state index contributed by atoms with van der Waals surface area (Å²) < 4.78 is 0. The van der Waals surface area contributed by atoms with Gasteiger partial charge in [0.2, 0.25) is 0 Å². The number of carbonyl (C=O) groups excluding carboxylic acids is 1. The summed E-state index contributed by atoms with van der Waals surface area (Å²) in [6.07, 6.45) is 4.36. The van der Waals surface area contributed by atoms with Crippen LogP contribution in [0, 0.1) is 5.92 Å². The molecule has 0 aliphatic carbocycles. The van der Waals surface area contributed by atoms with E-state index >= 15 is 0 Å². The number of rotatable bonds is 6. The summed E-state index contributed by atoms with van der Waals surface area (Å²) in [5, 5.41) is 1.97. The maximum absolute atomic E-state index is 12.0. The van der Waals surface area contributed by atoms with Crippen molar-refractivity contribution in [2.45, 2.75) is 25.7 Å². The molecule has 0 radical (unpaired) electrons. The molecule has 0 amide bonds. The first-order valence-electron chi connectivity index (χ1n) is 8.14. The summed E-state index contributed by atoms with van der Waals surface area (Å²) >= 11 is 1.55. The lowest BCUT2D eigenvalue weighted by Gasteiger charge is -2.31. The fourth-order valence-electron chi connectivity index (χ4n) is 3.18. The predicted octanol–water partition coefficient (Wildman–Crippen LogP) is 4.28. The van der Waals surface area contributed by atoms with Gasteiger partial charge in [-0.2, -0.15) is 0 Å². The van der Waals surface area contributed by atoms with Gasteiger partial charge in [0.25, 0.3) is 0 Å². The second-order valence-electron chi connectivity index (χ2n) is 6.13. The van der Waals surface area contributed by atoms with Crippen LogP contribution in [0.25, 0.3) is 0 Å². The highest BCUT2D eigenvalue weighted by Crippen LogP contribution is 2.22. The highest BCUT2D eigenvalue weighted by atomic mass is 32.1. The Morgan fingerprint density at radius 3 is 2.55 bits per heavy atom. The lowest BCUT2D eigenvalue weighted by Crippen LogP contribution is -2.35. The van der Waals surface area contributed by atoms with Gasteiger partial charge < -0.3 is 4.90 Å². The van der Waals surface area contributed by atoms with E-state index < -0.39 is 0 Å². The Morgan fingerprint density at radius 1 is 1.09 bits per heavy atom. The molecule has 0 N–H and O–H groups in total. The second kappa shape index (κ2) is 7.70. The molecule has 2 aromatic rings. The number of piperidine rings is 1. The van der Waals surface area contributed by atoms with Gasteiger partial charge in [-0.25, -0.2) is 0 Å². The molecule has 1 aromatic carbocycles. The number of hydrogen-bond donors (Lipinski definition) is 0. The molecule has 2 heterocycles. The van der Waals surface area contributed by atoms with Crippen molar-refractivity contribution in [2.75, 3.05) is 19.6 Å². The molecule has 0 unspecified atom stereocenters. The van der Waals surface area contributed by atoms with Crippen molar-refractivity contribution in [2.24, 2.45) is 5.92 Å². The molecule has 0 atom stereocenters. The fraction of sp³-hybridized carbons (Fsp3) is 0.421. The maximum Gasteiger partial charge on any atom is 0.174 e. The van der Waals surface area contributed by atoms with E-state index in [1.54, 1.807) is 11.3 Å². The monoisotopic (exact) mass is 313 g/mol.